The van der Waals surface area contributed by atoms with Crippen LogP contribution in [0.25, 0.3) is 10.3 Å². The quantitative estimate of drug-likeness (QED) is 0.456. The molecule has 2 aromatic heterocycles. The van der Waals surface area contributed by atoms with Crippen molar-refractivity contribution in [3.05, 3.63) is 36.0 Å². The fraction of sp³-hybridized carbons (Fsp3) is 0.480. The molecule has 1 fully saturated rings. The highest BCUT2D eigenvalue weighted by Crippen LogP contribution is 2.39. The molecule has 0 radical (unpaired) electrons. The number of nitrogens with zero attached hydrogens (tertiary/aromatic N) is 3. The van der Waals surface area contributed by atoms with Gasteiger partial charge in [0.05, 0.1) is 25.7 Å². The molecule has 1 atom stereocenters. The number of anilines is 1. The third kappa shape index (κ3) is 5.52. The highest BCUT2D eigenvalue weighted by atomic mass is 32.1. The van der Waals surface area contributed by atoms with Crippen LogP contribution in [-0.4, -0.2) is 48.8 Å². The summed E-state index contributed by atoms with van der Waals surface area (Å²) < 4.78 is 17.4. The maximum absolute atomic E-state index is 13.1. The summed E-state index contributed by atoms with van der Waals surface area (Å²) in [6.07, 6.45) is 3.60. The van der Waals surface area contributed by atoms with E-state index in [2.05, 4.69) is 15.2 Å². The fourth-order valence-corrected chi connectivity index (χ4v) is 5.08. The van der Waals surface area contributed by atoms with E-state index in [1.165, 1.54) is 0 Å². The number of carbonyl (C=O) groups is 1. The molecule has 8 nitrogen and oxygen atoms in total. The van der Waals surface area contributed by atoms with E-state index in [9.17, 15) is 4.79 Å². The van der Waals surface area contributed by atoms with Crippen molar-refractivity contribution in [2.75, 3.05) is 37.8 Å². The minimum Gasteiger partial charge on any atom is -0.490 e. The van der Waals surface area contributed by atoms with E-state index in [1.807, 2.05) is 45.0 Å². The number of carbonyl (C=O) groups excluding carboxylic acids is 1. The number of pyridine rings is 1. The Morgan fingerprint density at radius 3 is 2.56 bits per heavy atom. The molecule has 34 heavy (non-hydrogen) atoms. The van der Waals surface area contributed by atoms with Crippen LogP contribution in [0.1, 0.15) is 39.2 Å². The minimum absolute atomic E-state index is 0.0498. The van der Waals surface area contributed by atoms with Gasteiger partial charge in [0.25, 0.3) is 0 Å². The molecule has 1 saturated heterocycles. The van der Waals surface area contributed by atoms with Gasteiger partial charge in [0.2, 0.25) is 11.7 Å². The lowest BCUT2D eigenvalue weighted by Gasteiger charge is -2.31. The first-order valence-corrected chi connectivity index (χ1v) is 12.7. The van der Waals surface area contributed by atoms with Crippen molar-refractivity contribution in [2.24, 2.45) is 5.92 Å². The van der Waals surface area contributed by atoms with Gasteiger partial charge >= 0.3 is 0 Å². The number of fused-ring (bicyclic) bond motifs is 1. The Morgan fingerprint density at radius 2 is 1.88 bits per heavy atom. The first-order valence-electron chi connectivity index (χ1n) is 11.9. The van der Waals surface area contributed by atoms with Gasteiger partial charge in [-0.25, -0.2) is 9.97 Å². The Balaban J connectivity index is 1.43. The maximum Gasteiger partial charge on any atom is 0.225 e. The average molecular weight is 485 g/mol. The number of benzene rings is 1. The van der Waals surface area contributed by atoms with E-state index in [-0.39, 0.29) is 11.8 Å². The normalized spacial score (nSPS) is 15.9. The lowest BCUT2D eigenvalue weighted by molar-refractivity contribution is -0.125. The summed E-state index contributed by atoms with van der Waals surface area (Å²) >= 11 is 1.58. The molecule has 9 heteroatoms. The van der Waals surface area contributed by atoms with Gasteiger partial charge in [0.15, 0.2) is 16.6 Å². The van der Waals surface area contributed by atoms with Crippen molar-refractivity contribution < 1.29 is 19.0 Å². The molecule has 3 aromatic rings. The number of ether oxygens (including phenoxy) is 3. The van der Waals surface area contributed by atoms with Crippen molar-refractivity contribution in [1.29, 1.82) is 0 Å². The minimum atomic E-state index is -0.0888. The van der Waals surface area contributed by atoms with Crippen LogP contribution >= 0.6 is 11.3 Å². The van der Waals surface area contributed by atoms with Crippen molar-refractivity contribution in [2.45, 2.75) is 40.2 Å². The summed E-state index contributed by atoms with van der Waals surface area (Å²) in [6.45, 7) is 9.29. The van der Waals surface area contributed by atoms with Crippen molar-refractivity contribution in [1.82, 2.24) is 15.3 Å². The van der Waals surface area contributed by atoms with E-state index >= 15 is 0 Å². The summed E-state index contributed by atoms with van der Waals surface area (Å²) in [7, 11) is 0. The Labute approximate surface area is 204 Å². The number of hydrogen-bond donors (Lipinski definition) is 1. The molecule has 1 aromatic carbocycles. The maximum atomic E-state index is 13.1. The molecule has 0 spiro atoms. The zero-order valence-corrected chi connectivity index (χ0v) is 20.8. The lowest BCUT2D eigenvalue weighted by atomic mass is 9.97. The molecule has 0 aliphatic carbocycles. The second-order valence-corrected chi connectivity index (χ2v) is 9.00. The summed E-state index contributed by atoms with van der Waals surface area (Å²) in [4.78, 5) is 25.3. The Bertz CT molecular complexity index is 1060. The topological polar surface area (TPSA) is 85.8 Å². The molecule has 1 aliphatic heterocycles. The smallest absolute Gasteiger partial charge is 0.225 e. The molecule has 0 unspecified atom stereocenters. The molecule has 1 amide bonds. The SMILES string of the molecule is CCOc1cc(CNC(=O)[C@H]2CCCN(c3nc4cccnc4s3)C2)cc(OCC)c1OCC. The zero-order chi connectivity index (χ0) is 23.9. The molecule has 182 valence electrons. The summed E-state index contributed by atoms with van der Waals surface area (Å²) in [5, 5.41) is 4.04. The van der Waals surface area contributed by atoms with E-state index in [0.29, 0.717) is 50.2 Å². The molecule has 4 rings (SSSR count). The van der Waals surface area contributed by atoms with E-state index in [4.69, 9.17) is 19.2 Å². The number of piperidine rings is 1. The van der Waals surface area contributed by atoms with Gasteiger partial charge in [-0.2, -0.15) is 0 Å². The summed E-state index contributed by atoms with van der Waals surface area (Å²) in [5.74, 6) is 1.83. The van der Waals surface area contributed by atoms with Crippen LogP contribution in [0.4, 0.5) is 5.13 Å². The van der Waals surface area contributed by atoms with Gasteiger partial charge in [-0.05, 0) is 63.4 Å². The highest BCUT2D eigenvalue weighted by Gasteiger charge is 2.27. The van der Waals surface area contributed by atoms with Crippen LogP contribution in [0, 0.1) is 5.92 Å². The van der Waals surface area contributed by atoms with Crippen molar-refractivity contribution >= 4 is 32.7 Å². The van der Waals surface area contributed by atoms with Crippen LogP contribution < -0.4 is 24.4 Å². The third-order valence-corrected chi connectivity index (χ3v) is 6.69. The number of thiazole rings is 1. The standard InChI is InChI=1S/C25H32N4O4S/c1-4-31-20-13-17(14-21(32-5-2)22(20)33-6-3)15-27-23(30)18-9-8-12-29(16-18)25-28-19-10-7-11-26-24(19)34-25/h7,10-11,13-14,18H,4-6,8-9,12,15-16H2,1-3H3,(H,27,30)/t18-/m0/s1. The van der Waals surface area contributed by atoms with Crippen molar-refractivity contribution in [3.8, 4) is 17.2 Å². The number of hydrogen-bond acceptors (Lipinski definition) is 8. The first-order chi connectivity index (χ1) is 16.6. The number of nitrogens with one attached hydrogen (secondary N) is 1. The first kappa shape index (κ1) is 24.1. The van der Waals surface area contributed by atoms with Crippen LogP contribution in [0.3, 0.4) is 0 Å². The number of rotatable bonds is 10. The Morgan fingerprint density at radius 1 is 1.15 bits per heavy atom. The van der Waals surface area contributed by atoms with Crippen LogP contribution in [-0.2, 0) is 11.3 Å². The monoisotopic (exact) mass is 484 g/mol. The predicted octanol–water partition coefficient (Wildman–Crippen LogP) is 4.42. The molecule has 0 saturated carbocycles. The summed E-state index contributed by atoms with van der Waals surface area (Å²) in [5.41, 5.74) is 1.81. The summed E-state index contributed by atoms with van der Waals surface area (Å²) in [6, 6.07) is 7.70. The average Bonchev–Trinajstić information content (AvgIpc) is 3.29. The van der Waals surface area contributed by atoms with Crippen LogP contribution in [0.5, 0.6) is 17.2 Å². The Hall–Kier alpha value is -3.07. The van der Waals surface area contributed by atoms with E-state index < -0.39 is 0 Å². The molecule has 1 aliphatic rings. The number of amides is 1. The highest BCUT2D eigenvalue weighted by molar-refractivity contribution is 7.21. The van der Waals surface area contributed by atoms with Crippen molar-refractivity contribution in [3.63, 3.8) is 0 Å². The van der Waals surface area contributed by atoms with E-state index in [1.54, 1.807) is 17.5 Å². The van der Waals surface area contributed by atoms with Gasteiger partial charge in [0.1, 0.15) is 10.3 Å². The molecule has 1 N–H and O–H groups in total. The fourth-order valence-electron chi connectivity index (χ4n) is 4.14. The van der Waals surface area contributed by atoms with Gasteiger partial charge in [-0.15, -0.1) is 0 Å². The molecule has 3 heterocycles. The second kappa shape index (κ2) is 11.4. The largest absolute Gasteiger partial charge is 0.490 e. The van der Waals surface area contributed by atoms with Gasteiger partial charge in [-0.3, -0.25) is 4.79 Å². The van der Waals surface area contributed by atoms with Crippen LogP contribution in [0.2, 0.25) is 0 Å². The van der Waals surface area contributed by atoms with Gasteiger partial charge in [0, 0.05) is 25.8 Å². The van der Waals surface area contributed by atoms with Crippen LogP contribution in [0.15, 0.2) is 30.5 Å². The number of aromatic nitrogens is 2. The molecular formula is C25H32N4O4S. The van der Waals surface area contributed by atoms with Gasteiger partial charge < -0.3 is 24.4 Å². The van der Waals surface area contributed by atoms with Gasteiger partial charge in [-0.1, -0.05) is 11.3 Å². The zero-order valence-electron chi connectivity index (χ0n) is 20.0. The second-order valence-electron chi connectivity index (χ2n) is 8.05. The molecule has 0 bridgehead atoms. The third-order valence-electron chi connectivity index (χ3n) is 5.65. The predicted molar refractivity (Wildman–Crippen MR) is 134 cm³/mol. The lowest BCUT2D eigenvalue weighted by Crippen LogP contribution is -2.42. The Kier molecular flexibility index (Phi) is 8.05. The molecular weight excluding hydrogens is 452 g/mol. The van der Waals surface area contributed by atoms with E-state index in [0.717, 1.165) is 40.4 Å².